The summed E-state index contributed by atoms with van der Waals surface area (Å²) in [6.45, 7) is 5.62. The Kier molecular flexibility index (Phi) is 7.11. The summed E-state index contributed by atoms with van der Waals surface area (Å²) >= 11 is 0. The van der Waals surface area contributed by atoms with Gasteiger partial charge in [-0.25, -0.2) is 8.42 Å². The molecular formula is C18H29N3O3S. The molecule has 1 aromatic rings. The molecule has 0 saturated carbocycles. The zero-order valence-corrected chi connectivity index (χ0v) is 16.1. The quantitative estimate of drug-likeness (QED) is 0.569. The van der Waals surface area contributed by atoms with E-state index in [4.69, 9.17) is 4.74 Å². The molecule has 0 radical (unpaired) electrons. The second kappa shape index (κ2) is 9.08. The van der Waals surface area contributed by atoms with E-state index < -0.39 is 9.84 Å². The van der Waals surface area contributed by atoms with Crippen LogP contribution >= 0.6 is 0 Å². The predicted molar refractivity (Wildman–Crippen MR) is 102 cm³/mol. The minimum Gasteiger partial charge on any atom is -0.493 e. The molecule has 2 rings (SSSR count). The fourth-order valence-electron chi connectivity index (χ4n) is 2.67. The van der Waals surface area contributed by atoms with Gasteiger partial charge in [-0.15, -0.1) is 0 Å². The maximum absolute atomic E-state index is 11.6. The van der Waals surface area contributed by atoms with Crippen molar-refractivity contribution in [3.05, 3.63) is 29.8 Å². The Balaban J connectivity index is 1.89. The van der Waals surface area contributed by atoms with E-state index in [1.54, 1.807) is 7.05 Å². The number of hydrogen-bond donors (Lipinski definition) is 2. The van der Waals surface area contributed by atoms with Crippen LogP contribution in [-0.4, -0.2) is 45.6 Å². The van der Waals surface area contributed by atoms with Gasteiger partial charge < -0.3 is 15.4 Å². The van der Waals surface area contributed by atoms with Gasteiger partial charge in [0.25, 0.3) is 0 Å². The Morgan fingerprint density at radius 1 is 1.36 bits per heavy atom. The topological polar surface area (TPSA) is 79.8 Å². The molecule has 1 aliphatic heterocycles. The van der Waals surface area contributed by atoms with E-state index in [-0.39, 0.29) is 17.5 Å². The van der Waals surface area contributed by atoms with Crippen molar-refractivity contribution in [2.75, 3.05) is 25.2 Å². The number of benzene rings is 1. The number of sulfone groups is 1. The molecule has 1 heterocycles. The SMILES string of the molecule is CN=C(NCc1ccccc1OCCC(C)C)NC1CCS(=O)(=O)C1. The van der Waals surface area contributed by atoms with E-state index in [0.717, 1.165) is 17.7 Å². The summed E-state index contributed by atoms with van der Waals surface area (Å²) in [4.78, 5) is 4.19. The van der Waals surface area contributed by atoms with Crippen molar-refractivity contribution in [3.63, 3.8) is 0 Å². The van der Waals surface area contributed by atoms with E-state index in [9.17, 15) is 8.42 Å². The molecule has 140 valence electrons. The van der Waals surface area contributed by atoms with Gasteiger partial charge in [0.1, 0.15) is 5.75 Å². The summed E-state index contributed by atoms with van der Waals surface area (Å²) in [6.07, 6.45) is 1.64. The van der Waals surface area contributed by atoms with E-state index in [1.165, 1.54) is 0 Å². The summed E-state index contributed by atoms with van der Waals surface area (Å²) in [5, 5.41) is 6.43. The number of rotatable bonds is 7. The largest absolute Gasteiger partial charge is 0.493 e. The number of hydrogen-bond acceptors (Lipinski definition) is 4. The Morgan fingerprint density at radius 3 is 2.76 bits per heavy atom. The van der Waals surface area contributed by atoms with E-state index in [2.05, 4.69) is 29.5 Å². The molecule has 2 N–H and O–H groups in total. The van der Waals surface area contributed by atoms with Gasteiger partial charge in [-0.1, -0.05) is 32.0 Å². The fourth-order valence-corrected chi connectivity index (χ4v) is 4.34. The summed E-state index contributed by atoms with van der Waals surface area (Å²) in [5.41, 5.74) is 1.05. The standard InChI is InChI=1S/C18H29N3O3S/c1-14(2)8-10-24-17-7-5-4-6-15(17)12-20-18(19-3)21-16-9-11-25(22,23)13-16/h4-7,14,16H,8-13H2,1-3H3,(H2,19,20,21). The highest BCUT2D eigenvalue weighted by atomic mass is 32.2. The second-order valence-electron chi connectivity index (χ2n) is 6.81. The van der Waals surface area contributed by atoms with Gasteiger partial charge in [-0.3, -0.25) is 4.99 Å². The lowest BCUT2D eigenvalue weighted by molar-refractivity contribution is 0.286. The van der Waals surface area contributed by atoms with Gasteiger partial charge in [0.2, 0.25) is 0 Å². The second-order valence-corrected chi connectivity index (χ2v) is 9.04. The van der Waals surface area contributed by atoms with Gasteiger partial charge >= 0.3 is 0 Å². The normalized spacial score (nSPS) is 19.8. The number of nitrogens with zero attached hydrogens (tertiary/aromatic N) is 1. The van der Waals surface area contributed by atoms with Gasteiger partial charge in [0.05, 0.1) is 18.1 Å². The molecule has 0 bridgehead atoms. The molecule has 7 heteroatoms. The third-order valence-electron chi connectivity index (χ3n) is 4.17. The molecule has 6 nitrogen and oxygen atoms in total. The maximum atomic E-state index is 11.6. The van der Waals surface area contributed by atoms with Crippen LogP contribution in [0, 0.1) is 5.92 Å². The molecule has 0 aromatic heterocycles. The Bertz CT molecular complexity index is 687. The number of ether oxygens (including phenoxy) is 1. The van der Waals surface area contributed by atoms with Crippen LogP contribution in [0.4, 0.5) is 0 Å². The highest BCUT2D eigenvalue weighted by Gasteiger charge is 2.28. The first-order valence-electron chi connectivity index (χ1n) is 8.78. The predicted octanol–water partition coefficient (Wildman–Crippen LogP) is 1.96. The molecule has 1 fully saturated rings. The third kappa shape index (κ3) is 6.57. The maximum Gasteiger partial charge on any atom is 0.191 e. The highest BCUT2D eigenvalue weighted by molar-refractivity contribution is 7.91. The fraction of sp³-hybridized carbons (Fsp3) is 0.611. The molecular weight excluding hydrogens is 338 g/mol. The zero-order chi connectivity index (χ0) is 18.3. The molecule has 25 heavy (non-hydrogen) atoms. The van der Waals surface area contributed by atoms with Crippen molar-refractivity contribution in [2.45, 2.75) is 39.3 Å². The Hall–Kier alpha value is -1.76. The Morgan fingerprint density at radius 2 is 2.12 bits per heavy atom. The first-order chi connectivity index (χ1) is 11.9. The van der Waals surface area contributed by atoms with Crippen LogP contribution in [0.15, 0.2) is 29.3 Å². The van der Waals surface area contributed by atoms with Crippen LogP contribution in [0.3, 0.4) is 0 Å². The van der Waals surface area contributed by atoms with Crippen molar-refractivity contribution < 1.29 is 13.2 Å². The van der Waals surface area contributed by atoms with Crippen molar-refractivity contribution in [3.8, 4) is 5.75 Å². The molecule has 0 spiro atoms. The minimum absolute atomic E-state index is 0.0752. The number of para-hydroxylation sites is 1. The highest BCUT2D eigenvalue weighted by Crippen LogP contribution is 2.18. The average Bonchev–Trinajstić information content (AvgIpc) is 2.91. The van der Waals surface area contributed by atoms with Gasteiger partial charge in [-0.05, 0) is 24.8 Å². The summed E-state index contributed by atoms with van der Waals surface area (Å²) in [7, 11) is -1.22. The van der Waals surface area contributed by atoms with E-state index >= 15 is 0 Å². The lowest BCUT2D eigenvalue weighted by atomic mass is 10.1. The minimum atomic E-state index is -2.91. The van der Waals surface area contributed by atoms with Crippen LogP contribution < -0.4 is 15.4 Å². The summed E-state index contributed by atoms with van der Waals surface area (Å²) in [5.74, 6) is 2.50. The smallest absolute Gasteiger partial charge is 0.191 e. The van der Waals surface area contributed by atoms with Crippen LogP contribution in [-0.2, 0) is 16.4 Å². The van der Waals surface area contributed by atoms with E-state index in [0.29, 0.717) is 31.4 Å². The lowest BCUT2D eigenvalue weighted by Crippen LogP contribution is -2.43. The Labute approximate surface area is 151 Å². The molecule has 1 unspecified atom stereocenters. The van der Waals surface area contributed by atoms with Crippen LogP contribution in [0.1, 0.15) is 32.3 Å². The van der Waals surface area contributed by atoms with Crippen LogP contribution in [0.2, 0.25) is 0 Å². The number of aliphatic imine (C=N–C) groups is 1. The summed E-state index contributed by atoms with van der Waals surface area (Å²) < 4.78 is 29.0. The van der Waals surface area contributed by atoms with Crippen molar-refractivity contribution in [1.82, 2.24) is 10.6 Å². The average molecular weight is 368 g/mol. The van der Waals surface area contributed by atoms with Gasteiger partial charge in [-0.2, -0.15) is 0 Å². The molecule has 0 amide bonds. The van der Waals surface area contributed by atoms with E-state index in [1.807, 2.05) is 24.3 Å². The van der Waals surface area contributed by atoms with Gasteiger partial charge in [0, 0.05) is 25.2 Å². The molecule has 0 aliphatic carbocycles. The molecule has 1 saturated heterocycles. The first kappa shape index (κ1) is 19.6. The van der Waals surface area contributed by atoms with Crippen molar-refractivity contribution in [2.24, 2.45) is 10.9 Å². The third-order valence-corrected chi connectivity index (χ3v) is 5.94. The number of guanidine groups is 1. The molecule has 1 aromatic carbocycles. The number of nitrogens with one attached hydrogen (secondary N) is 2. The first-order valence-corrected chi connectivity index (χ1v) is 10.6. The monoisotopic (exact) mass is 367 g/mol. The molecule has 1 atom stereocenters. The van der Waals surface area contributed by atoms with Crippen LogP contribution in [0.5, 0.6) is 5.75 Å². The van der Waals surface area contributed by atoms with Gasteiger partial charge in [0.15, 0.2) is 15.8 Å². The van der Waals surface area contributed by atoms with Crippen LogP contribution in [0.25, 0.3) is 0 Å². The van der Waals surface area contributed by atoms with Crippen molar-refractivity contribution >= 4 is 15.8 Å². The lowest BCUT2D eigenvalue weighted by Gasteiger charge is -2.17. The van der Waals surface area contributed by atoms with Crippen molar-refractivity contribution in [1.29, 1.82) is 0 Å². The summed E-state index contributed by atoms with van der Waals surface area (Å²) in [6, 6.07) is 7.85. The zero-order valence-electron chi connectivity index (χ0n) is 15.3. The molecule has 1 aliphatic rings.